The summed E-state index contributed by atoms with van der Waals surface area (Å²) < 4.78 is 5.52. The molecule has 0 aliphatic carbocycles. The van der Waals surface area contributed by atoms with Crippen molar-refractivity contribution in [2.45, 2.75) is 59.8 Å². The lowest BCUT2D eigenvalue weighted by atomic mass is 9.97. The summed E-state index contributed by atoms with van der Waals surface area (Å²) in [5, 5.41) is 6.21. The topological polar surface area (TPSA) is 70.7 Å². The van der Waals surface area contributed by atoms with Gasteiger partial charge >= 0.3 is 6.03 Å². The number of hydrogen-bond acceptors (Lipinski definition) is 3. The first-order valence-corrected chi connectivity index (χ1v) is 11.6. The number of amides is 3. The quantitative estimate of drug-likeness (QED) is 0.327. The molecule has 0 spiro atoms. The minimum absolute atomic E-state index is 0.224. The average molecular weight is 452 g/mol. The highest BCUT2D eigenvalue weighted by molar-refractivity contribution is 6.30. The Balaban J connectivity index is 3.08. The van der Waals surface area contributed by atoms with Crippen LogP contribution in [0.25, 0.3) is 5.70 Å². The molecule has 0 atom stereocenters. The first-order chi connectivity index (χ1) is 14.9. The number of carbonyl (C=O) groups is 2. The number of hydrogen-bond donors (Lipinski definition) is 2. The number of halogens is 1. The molecule has 31 heavy (non-hydrogen) atoms. The van der Waals surface area contributed by atoms with Gasteiger partial charge in [0.15, 0.2) is 0 Å². The van der Waals surface area contributed by atoms with E-state index in [0.717, 1.165) is 49.8 Å². The zero-order valence-electron chi connectivity index (χ0n) is 19.6. The van der Waals surface area contributed by atoms with Gasteiger partial charge in [0.05, 0.1) is 5.70 Å². The molecule has 174 valence electrons. The van der Waals surface area contributed by atoms with Gasteiger partial charge in [-0.15, -0.1) is 0 Å². The smallest absolute Gasteiger partial charge is 0.321 e. The van der Waals surface area contributed by atoms with Crippen LogP contribution < -0.4 is 10.6 Å². The highest BCUT2D eigenvalue weighted by Gasteiger charge is 2.20. The van der Waals surface area contributed by atoms with Crippen LogP contribution in [0.1, 0.15) is 64.5 Å². The number of carbonyl (C=O) groups excluding carboxylic acids is 2. The van der Waals surface area contributed by atoms with E-state index in [1.54, 1.807) is 18.9 Å². The van der Waals surface area contributed by atoms with Gasteiger partial charge in [0, 0.05) is 49.5 Å². The minimum Gasteiger partial charge on any atom is -0.381 e. The van der Waals surface area contributed by atoms with Gasteiger partial charge in [0.2, 0.25) is 5.91 Å². The number of urea groups is 1. The molecule has 2 N–H and O–H groups in total. The van der Waals surface area contributed by atoms with Gasteiger partial charge in [0.1, 0.15) is 0 Å². The Bertz CT molecular complexity index is 750. The molecule has 0 saturated carbocycles. The monoisotopic (exact) mass is 451 g/mol. The molecule has 1 aromatic carbocycles. The van der Waals surface area contributed by atoms with Crippen molar-refractivity contribution in [3.8, 4) is 0 Å². The molecule has 0 saturated heterocycles. The largest absolute Gasteiger partial charge is 0.381 e. The average Bonchev–Trinajstić information content (AvgIpc) is 2.77. The summed E-state index contributed by atoms with van der Waals surface area (Å²) in [7, 11) is 1.58. The van der Waals surface area contributed by atoms with Crippen LogP contribution in [0, 0.1) is 0 Å². The second-order valence-electron chi connectivity index (χ2n) is 7.46. The molecule has 0 aliphatic rings. The first-order valence-electron chi connectivity index (χ1n) is 11.2. The van der Waals surface area contributed by atoms with Crippen molar-refractivity contribution in [3.63, 3.8) is 0 Å². The minimum atomic E-state index is -0.242. The number of ether oxygens (including phenoxy) is 1. The third-order valence-corrected chi connectivity index (χ3v) is 5.25. The summed E-state index contributed by atoms with van der Waals surface area (Å²) >= 11 is 6.27. The normalized spacial score (nSPS) is 11.7. The number of rotatable bonds is 13. The van der Waals surface area contributed by atoms with Crippen LogP contribution >= 0.6 is 11.6 Å². The summed E-state index contributed by atoms with van der Waals surface area (Å²) in [6, 6.07) is 5.38. The molecule has 0 fully saturated rings. The van der Waals surface area contributed by atoms with Gasteiger partial charge < -0.3 is 20.3 Å². The van der Waals surface area contributed by atoms with Crippen molar-refractivity contribution in [2.75, 3.05) is 33.4 Å². The number of unbranched alkanes of at least 4 members (excludes halogenated alkanes) is 1. The van der Waals surface area contributed by atoms with E-state index in [9.17, 15) is 9.59 Å². The lowest BCUT2D eigenvalue weighted by Crippen LogP contribution is -2.40. The van der Waals surface area contributed by atoms with E-state index < -0.39 is 0 Å². The van der Waals surface area contributed by atoms with E-state index in [1.807, 2.05) is 25.1 Å². The zero-order chi connectivity index (χ0) is 23.2. The Morgan fingerprint density at radius 2 is 1.84 bits per heavy atom. The molecular weight excluding hydrogens is 414 g/mol. The lowest BCUT2D eigenvalue weighted by molar-refractivity contribution is -0.116. The lowest BCUT2D eigenvalue weighted by Gasteiger charge is -2.24. The highest BCUT2D eigenvalue weighted by Crippen LogP contribution is 2.26. The molecule has 7 heteroatoms. The molecule has 0 bridgehead atoms. The molecule has 0 aliphatic heterocycles. The van der Waals surface area contributed by atoms with Gasteiger partial charge in [0.25, 0.3) is 0 Å². The van der Waals surface area contributed by atoms with Crippen LogP contribution in [0.15, 0.2) is 23.8 Å². The standard InChI is InChI=1S/C24H38ClN3O3/c1-6-11-19-12-13-20(25)17-21(19)22(18(4)23(29)26-5)27-24(30)28(8-3)14-9-10-16-31-15-7-2/h12-13,17H,6-11,14-16H2,1-5H3,(H,26,29)(H,27,30)/b22-18-. The van der Waals surface area contributed by atoms with E-state index in [0.29, 0.717) is 36.0 Å². The van der Waals surface area contributed by atoms with Crippen LogP contribution in [-0.4, -0.2) is 50.2 Å². The van der Waals surface area contributed by atoms with Gasteiger partial charge in [-0.05, 0) is 57.2 Å². The molecule has 1 aromatic rings. The first kappa shape index (κ1) is 27.0. The van der Waals surface area contributed by atoms with E-state index in [2.05, 4.69) is 24.5 Å². The van der Waals surface area contributed by atoms with E-state index in [1.165, 1.54) is 0 Å². The molecule has 3 amide bonds. The van der Waals surface area contributed by atoms with Crippen molar-refractivity contribution in [1.29, 1.82) is 0 Å². The number of benzene rings is 1. The predicted octanol–water partition coefficient (Wildman–Crippen LogP) is 5.01. The SMILES string of the molecule is CCCOCCCCN(CC)C(=O)N/C(=C(/C)C(=O)NC)c1cc(Cl)ccc1CCC. The summed E-state index contributed by atoms with van der Waals surface area (Å²) in [4.78, 5) is 27.2. The Kier molecular flexibility index (Phi) is 12.9. The Hall–Kier alpha value is -2.05. The van der Waals surface area contributed by atoms with Crippen molar-refractivity contribution in [3.05, 3.63) is 39.9 Å². The second kappa shape index (κ2) is 14.9. The van der Waals surface area contributed by atoms with E-state index in [-0.39, 0.29) is 11.9 Å². The fourth-order valence-corrected chi connectivity index (χ4v) is 3.45. The maximum Gasteiger partial charge on any atom is 0.321 e. The Morgan fingerprint density at radius 3 is 2.45 bits per heavy atom. The maximum absolute atomic E-state index is 13.1. The summed E-state index contributed by atoms with van der Waals surface area (Å²) in [5.74, 6) is -0.242. The predicted molar refractivity (Wildman–Crippen MR) is 128 cm³/mol. The number of nitrogens with zero attached hydrogens (tertiary/aromatic N) is 1. The van der Waals surface area contributed by atoms with Crippen LogP contribution in [0.4, 0.5) is 4.79 Å². The van der Waals surface area contributed by atoms with Gasteiger partial charge in [-0.3, -0.25) is 4.79 Å². The van der Waals surface area contributed by atoms with Crippen LogP contribution in [-0.2, 0) is 16.0 Å². The van der Waals surface area contributed by atoms with Crippen molar-refractivity contribution in [1.82, 2.24) is 15.5 Å². The van der Waals surface area contributed by atoms with Crippen molar-refractivity contribution < 1.29 is 14.3 Å². The van der Waals surface area contributed by atoms with Crippen molar-refractivity contribution in [2.24, 2.45) is 0 Å². The third kappa shape index (κ3) is 8.91. The zero-order valence-corrected chi connectivity index (χ0v) is 20.4. The van der Waals surface area contributed by atoms with Gasteiger partial charge in [-0.2, -0.15) is 0 Å². The second-order valence-corrected chi connectivity index (χ2v) is 7.90. The Labute approximate surface area is 192 Å². The van der Waals surface area contributed by atoms with Crippen molar-refractivity contribution >= 4 is 29.2 Å². The van der Waals surface area contributed by atoms with Crippen LogP contribution in [0.2, 0.25) is 5.02 Å². The molecule has 6 nitrogen and oxygen atoms in total. The third-order valence-electron chi connectivity index (χ3n) is 5.02. The summed E-state index contributed by atoms with van der Waals surface area (Å²) in [6.45, 7) is 10.5. The fourth-order valence-electron chi connectivity index (χ4n) is 3.28. The maximum atomic E-state index is 13.1. The van der Waals surface area contributed by atoms with Crippen LogP contribution in [0.3, 0.4) is 0 Å². The summed E-state index contributed by atoms with van der Waals surface area (Å²) in [5.41, 5.74) is 2.77. The molecule has 1 rings (SSSR count). The van der Waals surface area contributed by atoms with Gasteiger partial charge in [-0.25, -0.2) is 4.79 Å². The molecular formula is C24H38ClN3O3. The number of nitrogens with one attached hydrogen (secondary N) is 2. The molecule has 0 heterocycles. The molecule has 0 aromatic heterocycles. The summed E-state index contributed by atoms with van der Waals surface area (Å²) in [6.07, 6.45) is 4.53. The molecule has 0 unspecified atom stereocenters. The van der Waals surface area contributed by atoms with E-state index >= 15 is 0 Å². The van der Waals surface area contributed by atoms with E-state index in [4.69, 9.17) is 16.3 Å². The number of likely N-dealkylation sites (N-methyl/N-ethyl adjacent to an activating group) is 1. The van der Waals surface area contributed by atoms with Crippen LogP contribution in [0.5, 0.6) is 0 Å². The van der Waals surface area contributed by atoms with Gasteiger partial charge in [-0.1, -0.05) is 37.9 Å². The highest BCUT2D eigenvalue weighted by atomic mass is 35.5. The Morgan fingerprint density at radius 1 is 1.10 bits per heavy atom. The number of aryl methyl sites for hydroxylation is 1. The molecule has 0 radical (unpaired) electrons. The fraction of sp³-hybridized carbons (Fsp3) is 0.583.